The Hall–Kier alpha value is -2.83. The number of amides is 1. The number of ether oxygens (including phenoxy) is 4. The number of carbonyl (C=O) groups is 1. The first-order valence-electron chi connectivity index (χ1n) is 34.8. The highest BCUT2D eigenvalue weighted by molar-refractivity contribution is 5.76. The highest BCUT2D eigenvalue weighted by Gasteiger charge is 2.51. The zero-order valence-corrected chi connectivity index (χ0v) is 54.0. The maximum atomic E-state index is 13.3. The standard InChI is InChI=1S/C72H127NO13/c1-3-5-7-9-11-13-15-17-19-21-23-25-27-28-29-30-31-32-34-35-37-39-41-43-45-47-49-51-53-55-61(76)60(59-83-71-69(82)67(80)70(63(58-75)85-71)86-72-68(81)66(79)65(78)62(57-74)84-72)73-64(77)56-54-52-50-48-46-44-42-40-38-36-33-26-24-22-20-18-16-14-12-10-8-6-4-2/h6,8,12,14,18,20,24,26,36,38,45,47,53,55,60-63,65-72,74-76,78-82H,3-5,7,9-11,13,15-17,19,21-23,25,27-35,37,39-44,46,48-52,54,56-59H2,1-2H3,(H,73,77)/b8-6-,14-12-,20-18-,26-24-,38-36-,47-45+,55-53+. The molecule has 0 aromatic rings. The predicted octanol–water partition coefficient (Wildman–Crippen LogP) is 14.0. The van der Waals surface area contributed by atoms with Gasteiger partial charge >= 0.3 is 0 Å². The Kier molecular flexibility index (Phi) is 51.8. The van der Waals surface area contributed by atoms with Gasteiger partial charge in [0.1, 0.15) is 48.8 Å². The van der Waals surface area contributed by atoms with Crippen LogP contribution in [0.2, 0.25) is 0 Å². The Balaban J connectivity index is 1.71. The molecule has 2 aliphatic heterocycles. The van der Waals surface area contributed by atoms with Crippen molar-refractivity contribution in [1.82, 2.24) is 5.32 Å². The minimum Gasteiger partial charge on any atom is -0.394 e. The summed E-state index contributed by atoms with van der Waals surface area (Å²) in [5.74, 6) is -0.261. The molecule has 2 aliphatic rings. The van der Waals surface area contributed by atoms with E-state index in [2.05, 4.69) is 92.1 Å². The second-order valence-corrected chi connectivity index (χ2v) is 24.3. The molecular formula is C72H127NO13. The molecule has 0 aromatic heterocycles. The summed E-state index contributed by atoms with van der Waals surface area (Å²) in [5.41, 5.74) is 0. The first kappa shape index (κ1) is 79.3. The van der Waals surface area contributed by atoms with Crippen molar-refractivity contribution in [3.8, 4) is 0 Å². The molecule has 14 heteroatoms. The molecule has 498 valence electrons. The van der Waals surface area contributed by atoms with E-state index in [1.54, 1.807) is 6.08 Å². The molecule has 0 saturated carbocycles. The second-order valence-electron chi connectivity index (χ2n) is 24.3. The lowest BCUT2D eigenvalue weighted by Crippen LogP contribution is -2.65. The Morgan fingerprint density at radius 2 is 0.814 bits per heavy atom. The Morgan fingerprint density at radius 3 is 1.28 bits per heavy atom. The van der Waals surface area contributed by atoms with Gasteiger partial charge in [0.25, 0.3) is 0 Å². The summed E-state index contributed by atoms with van der Waals surface area (Å²) >= 11 is 0. The number of nitrogens with one attached hydrogen (secondary N) is 1. The normalized spacial score (nSPS) is 23.9. The minimum atomic E-state index is -1.80. The van der Waals surface area contributed by atoms with Crippen LogP contribution in [-0.4, -0.2) is 140 Å². The first-order valence-corrected chi connectivity index (χ1v) is 34.8. The number of aliphatic hydroxyl groups is 8. The fraction of sp³-hybridized carbons (Fsp3) is 0.792. The fourth-order valence-electron chi connectivity index (χ4n) is 11.0. The van der Waals surface area contributed by atoms with Crippen LogP contribution in [0.1, 0.15) is 271 Å². The molecule has 0 spiro atoms. The van der Waals surface area contributed by atoms with E-state index >= 15 is 0 Å². The van der Waals surface area contributed by atoms with Crippen LogP contribution in [0.15, 0.2) is 85.1 Å². The van der Waals surface area contributed by atoms with E-state index in [1.807, 2.05) is 6.08 Å². The lowest BCUT2D eigenvalue weighted by atomic mass is 9.97. The van der Waals surface area contributed by atoms with Crippen LogP contribution < -0.4 is 5.32 Å². The topological polar surface area (TPSA) is 228 Å². The molecule has 2 saturated heterocycles. The summed E-state index contributed by atoms with van der Waals surface area (Å²) in [6, 6.07) is -0.945. The molecule has 1 amide bonds. The number of carbonyl (C=O) groups excluding carboxylic acids is 1. The van der Waals surface area contributed by atoms with Gasteiger partial charge in [0.2, 0.25) is 5.91 Å². The monoisotopic (exact) mass is 1210 g/mol. The highest BCUT2D eigenvalue weighted by Crippen LogP contribution is 2.30. The third kappa shape index (κ3) is 40.0. The fourth-order valence-corrected chi connectivity index (χ4v) is 11.0. The summed E-state index contributed by atoms with van der Waals surface area (Å²) in [7, 11) is 0. The van der Waals surface area contributed by atoms with Crippen LogP contribution in [0.25, 0.3) is 0 Å². The van der Waals surface area contributed by atoms with E-state index in [0.717, 1.165) is 83.5 Å². The van der Waals surface area contributed by atoms with Crippen LogP contribution in [-0.2, 0) is 23.7 Å². The average molecular weight is 1210 g/mol. The number of hydrogen-bond donors (Lipinski definition) is 9. The number of rotatable bonds is 56. The third-order valence-electron chi connectivity index (χ3n) is 16.6. The zero-order valence-electron chi connectivity index (χ0n) is 54.0. The van der Waals surface area contributed by atoms with Gasteiger partial charge in [-0.1, -0.05) is 272 Å². The van der Waals surface area contributed by atoms with Crippen molar-refractivity contribution in [1.29, 1.82) is 0 Å². The van der Waals surface area contributed by atoms with Crippen molar-refractivity contribution in [2.24, 2.45) is 0 Å². The number of allylic oxidation sites excluding steroid dienone is 13. The maximum Gasteiger partial charge on any atom is 0.220 e. The molecule has 12 unspecified atom stereocenters. The number of hydrogen-bond acceptors (Lipinski definition) is 13. The Labute approximate surface area is 522 Å². The van der Waals surface area contributed by atoms with E-state index in [4.69, 9.17) is 18.9 Å². The molecule has 0 bridgehead atoms. The SMILES string of the molecule is CC/C=C\C/C=C\C/C=C\C/C=C\C/C=C\CCCCCCCCCC(=O)NC(COC1OC(CO)C(OC2OC(CO)C(O)C(O)C2O)C(O)C1O)C(O)/C=C/CC/C=C/CCCCCCCCCCCCCCCCCCCCCCCCC. The molecule has 86 heavy (non-hydrogen) atoms. The third-order valence-corrected chi connectivity index (χ3v) is 16.6. The van der Waals surface area contributed by atoms with Gasteiger partial charge in [0.15, 0.2) is 12.6 Å². The largest absolute Gasteiger partial charge is 0.394 e. The van der Waals surface area contributed by atoms with Crippen LogP contribution in [0, 0.1) is 0 Å². The molecular weight excluding hydrogens is 1090 g/mol. The zero-order chi connectivity index (χ0) is 62.3. The number of aliphatic hydroxyl groups excluding tert-OH is 8. The first-order chi connectivity index (χ1) is 42.1. The Bertz CT molecular complexity index is 1770. The summed E-state index contributed by atoms with van der Waals surface area (Å²) in [6.07, 6.45) is 60.7. The van der Waals surface area contributed by atoms with Gasteiger partial charge < -0.3 is 65.1 Å². The van der Waals surface area contributed by atoms with Crippen molar-refractivity contribution in [2.75, 3.05) is 19.8 Å². The van der Waals surface area contributed by atoms with E-state index in [0.29, 0.717) is 12.8 Å². The summed E-state index contributed by atoms with van der Waals surface area (Å²) in [4.78, 5) is 13.3. The lowest BCUT2D eigenvalue weighted by molar-refractivity contribution is -0.359. The van der Waals surface area contributed by atoms with Crippen molar-refractivity contribution >= 4 is 5.91 Å². The van der Waals surface area contributed by atoms with Crippen LogP contribution in [0.4, 0.5) is 0 Å². The molecule has 9 N–H and O–H groups in total. The summed E-state index contributed by atoms with van der Waals surface area (Å²) in [5, 5.41) is 87.4. The Morgan fingerprint density at radius 1 is 0.430 bits per heavy atom. The molecule has 0 aliphatic carbocycles. The lowest BCUT2D eigenvalue weighted by Gasteiger charge is -2.46. The number of unbranched alkanes of at least 4 members (excludes halogenated alkanes) is 31. The van der Waals surface area contributed by atoms with Gasteiger partial charge in [-0.15, -0.1) is 0 Å². The minimum absolute atomic E-state index is 0.256. The molecule has 2 fully saturated rings. The highest BCUT2D eigenvalue weighted by atomic mass is 16.7. The summed E-state index contributed by atoms with van der Waals surface area (Å²) in [6.45, 7) is 2.68. The smallest absolute Gasteiger partial charge is 0.220 e. The maximum absolute atomic E-state index is 13.3. The average Bonchev–Trinajstić information content (AvgIpc) is 2.54. The van der Waals surface area contributed by atoms with Crippen LogP contribution >= 0.6 is 0 Å². The second kappa shape index (κ2) is 56.2. The molecule has 2 rings (SSSR count). The van der Waals surface area contributed by atoms with Crippen molar-refractivity contribution in [3.05, 3.63) is 85.1 Å². The molecule has 14 nitrogen and oxygen atoms in total. The van der Waals surface area contributed by atoms with E-state index in [-0.39, 0.29) is 18.9 Å². The molecule has 2 heterocycles. The summed E-state index contributed by atoms with van der Waals surface area (Å²) < 4.78 is 22.8. The van der Waals surface area contributed by atoms with Gasteiger partial charge in [0.05, 0.1) is 32.0 Å². The van der Waals surface area contributed by atoms with Crippen molar-refractivity contribution < 1.29 is 64.6 Å². The van der Waals surface area contributed by atoms with E-state index in [9.17, 15) is 45.6 Å². The van der Waals surface area contributed by atoms with Crippen molar-refractivity contribution in [3.63, 3.8) is 0 Å². The van der Waals surface area contributed by atoms with Gasteiger partial charge in [-0.05, 0) is 77.0 Å². The molecule has 0 radical (unpaired) electrons. The molecule has 0 aromatic carbocycles. The quantitative estimate of drug-likeness (QED) is 0.0204. The molecule has 12 atom stereocenters. The van der Waals surface area contributed by atoms with Gasteiger partial charge in [-0.3, -0.25) is 4.79 Å². The van der Waals surface area contributed by atoms with Crippen molar-refractivity contribution in [2.45, 2.75) is 344 Å². The van der Waals surface area contributed by atoms with Crippen LogP contribution in [0.5, 0.6) is 0 Å². The van der Waals surface area contributed by atoms with Crippen LogP contribution in [0.3, 0.4) is 0 Å². The predicted molar refractivity (Wildman–Crippen MR) is 350 cm³/mol. The van der Waals surface area contributed by atoms with Gasteiger partial charge in [-0.2, -0.15) is 0 Å². The van der Waals surface area contributed by atoms with Gasteiger partial charge in [0, 0.05) is 6.42 Å². The van der Waals surface area contributed by atoms with E-state index in [1.165, 1.54) is 154 Å². The van der Waals surface area contributed by atoms with E-state index < -0.39 is 86.8 Å². The van der Waals surface area contributed by atoms with Gasteiger partial charge in [-0.25, -0.2) is 0 Å².